The van der Waals surface area contributed by atoms with Gasteiger partial charge in [-0.3, -0.25) is 9.10 Å². The SMILES string of the molecule is COc1ccc(S(=O)(=O)N2CCc3ccccc32)cc1C(=O)Nc1cccc(N2CCCC2)c1. The van der Waals surface area contributed by atoms with Crippen LogP contribution in [0.2, 0.25) is 0 Å². The van der Waals surface area contributed by atoms with E-state index in [2.05, 4.69) is 10.2 Å². The van der Waals surface area contributed by atoms with Gasteiger partial charge in [0.2, 0.25) is 0 Å². The number of anilines is 3. The smallest absolute Gasteiger partial charge is 0.264 e. The Balaban J connectivity index is 1.44. The van der Waals surface area contributed by atoms with Crippen molar-refractivity contribution >= 4 is 33.0 Å². The molecule has 0 spiro atoms. The Hall–Kier alpha value is -3.52. The van der Waals surface area contributed by atoms with Crippen molar-refractivity contribution in [2.24, 2.45) is 0 Å². The van der Waals surface area contributed by atoms with Crippen LogP contribution < -0.4 is 19.3 Å². The lowest BCUT2D eigenvalue weighted by Gasteiger charge is -2.21. The highest BCUT2D eigenvalue weighted by Crippen LogP contribution is 2.34. The molecule has 0 unspecified atom stereocenters. The first-order chi connectivity index (χ1) is 16.5. The van der Waals surface area contributed by atoms with Crippen molar-refractivity contribution in [1.29, 1.82) is 0 Å². The summed E-state index contributed by atoms with van der Waals surface area (Å²) in [5, 5.41) is 2.91. The van der Waals surface area contributed by atoms with E-state index in [1.807, 2.05) is 48.5 Å². The van der Waals surface area contributed by atoms with Crippen LogP contribution in [0.5, 0.6) is 5.75 Å². The summed E-state index contributed by atoms with van der Waals surface area (Å²) >= 11 is 0. The maximum Gasteiger partial charge on any atom is 0.264 e. The second-order valence-corrected chi connectivity index (χ2v) is 10.4. The van der Waals surface area contributed by atoms with Crippen LogP contribution in [0, 0.1) is 0 Å². The third kappa shape index (κ3) is 4.09. The fourth-order valence-corrected chi connectivity index (χ4v) is 6.19. The van der Waals surface area contributed by atoms with Gasteiger partial charge in [0.05, 0.1) is 23.3 Å². The third-order valence-corrected chi connectivity index (χ3v) is 8.23. The van der Waals surface area contributed by atoms with E-state index in [0.717, 1.165) is 37.2 Å². The Bertz CT molecular complexity index is 1330. The molecule has 0 saturated carbocycles. The Labute approximate surface area is 200 Å². The zero-order valence-corrected chi connectivity index (χ0v) is 19.8. The summed E-state index contributed by atoms with van der Waals surface area (Å²) in [6.07, 6.45) is 2.99. The van der Waals surface area contributed by atoms with E-state index in [1.165, 1.54) is 29.6 Å². The highest BCUT2D eigenvalue weighted by molar-refractivity contribution is 7.92. The van der Waals surface area contributed by atoms with Crippen molar-refractivity contribution in [3.8, 4) is 5.75 Å². The molecule has 0 aromatic heterocycles. The molecule has 0 radical (unpaired) electrons. The summed E-state index contributed by atoms with van der Waals surface area (Å²) in [7, 11) is -2.37. The number of nitrogens with zero attached hydrogens (tertiary/aromatic N) is 2. The van der Waals surface area contributed by atoms with Crippen LogP contribution in [0.1, 0.15) is 28.8 Å². The number of rotatable bonds is 6. The van der Waals surface area contributed by atoms with E-state index in [1.54, 1.807) is 0 Å². The summed E-state index contributed by atoms with van der Waals surface area (Å²) in [5.74, 6) is -0.108. The molecule has 0 bridgehead atoms. The summed E-state index contributed by atoms with van der Waals surface area (Å²) in [6, 6.07) is 19.6. The van der Waals surface area contributed by atoms with Gasteiger partial charge in [-0.1, -0.05) is 24.3 Å². The quantitative estimate of drug-likeness (QED) is 0.573. The Morgan fingerprint density at radius 1 is 0.941 bits per heavy atom. The normalized spacial score (nSPS) is 15.3. The fraction of sp³-hybridized carbons (Fsp3) is 0.269. The Kier molecular flexibility index (Phi) is 5.91. The number of para-hydroxylation sites is 1. The molecule has 8 heteroatoms. The van der Waals surface area contributed by atoms with Gasteiger partial charge in [0.1, 0.15) is 5.75 Å². The number of nitrogens with one attached hydrogen (secondary N) is 1. The summed E-state index contributed by atoms with van der Waals surface area (Å²) < 4.78 is 33.7. The van der Waals surface area contributed by atoms with Gasteiger partial charge in [-0.25, -0.2) is 8.42 Å². The van der Waals surface area contributed by atoms with E-state index in [-0.39, 0.29) is 10.5 Å². The van der Waals surface area contributed by atoms with Crippen LogP contribution in [0.4, 0.5) is 17.1 Å². The molecule has 0 atom stereocenters. The van der Waals surface area contributed by atoms with Gasteiger partial charge in [-0.15, -0.1) is 0 Å². The number of carbonyl (C=O) groups is 1. The lowest BCUT2D eigenvalue weighted by atomic mass is 10.1. The Morgan fingerprint density at radius 3 is 2.53 bits per heavy atom. The highest BCUT2D eigenvalue weighted by atomic mass is 32.2. The van der Waals surface area contributed by atoms with Gasteiger partial charge in [-0.05, 0) is 67.3 Å². The van der Waals surface area contributed by atoms with Gasteiger partial charge in [0, 0.05) is 31.0 Å². The maximum absolute atomic E-state index is 13.5. The number of benzene rings is 3. The molecule has 1 N–H and O–H groups in total. The Morgan fingerprint density at radius 2 is 1.74 bits per heavy atom. The largest absolute Gasteiger partial charge is 0.496 e. The molecule has 5 rings (SSSR count). The lowest BCUT2D eigenvalue weighted by molar-refractivity contribution is 0.102. The molecular formula is C26H27N3O4S. The zero-order chi connectivity index (χ0) is 23.7. The highest BCUT2D eigenvalue weighted by Gasteiger charge is 2.31. The van der Waals surface area contributed by atoms with Gasteiger partial charge in [0.15, 0.2) is 0 Å². The number of ether oxygens (including phenoxy) is 1. The molecule has 1 fully saturated rings. The first kappa shape index (κ1) is 22.3. The van der Waals surface area contributed by atoms with E-state index >= 15 is 0 Å². The van der Waals surface area contributed by atoms with Crippen LogP contribution in [-0.2, 0) is 16.4 Å². The average Bonchev–Trinajstić information content (AvgIpc) is 3.54. The van der Waals surface area contributed by atoms with Gasteiger partial charge in [-0.2, -0.15) is 0 Å². The summed E-state index contributed by atoms with van der Waals surface area (Å²) in [5.41, 5.74) is 3.56. The van der Waals surface area contributed by atoms with E-state index in [9.17, 15) is 13.2 Å². The number of sulfonamides is 1. The lowest BCUT2D eigenvalue weighted by Crippen LogP contribution is -2.29. The molecule has 1 saturated heterocycles. The van der Waals surface area contributed by atoms with E-state index < -0.39 is 15.9 Å². The standard InChI is InChI=1S/C26H27N3O4S/c1-33-25-12-11-22(34(31,32)29-16-13-19-7-2-3-10-24(19)29)18-23(25)26(30)27-20-8-6-9-21(17-20)28-14-4-5-15-28/h2-3,6-12,17-18H,4-5,13-16H2,1H3,(H,27,30). The predicted octanol–water partition coefficient (Wildman–Crippen LogP) is 4.30. The summed E-state index contributed by atoms with van der Waals surface area (Å²) in [4.78, 5) is 15.6. The molecular weight excluding hydrogens is 450 g/mol. The van der Waals surface area contributed by atoms with E-state index in [4.69, 9.17) is 4.74 Å². The number of hydrogen-bond acceptors (Lipinski definition) is 5. The topological polar surface area (TPSA) is 79.0 Å². The van der Waals surface area contributed by atoms with Gasteiger partial charge >= 0.3 is 0 Å². The van der Waals surface area contributed by atoms with Crippen LogP contribution >= 0.6 is 0 Å². The van der Waals surface area contributed by atoms with Crippen molar-refractivity contribution in [3.63, 3.8) is 0 Å². The van der Waals surface area contributed by atoms with Crippen molar-refractivity contribution in [1.82, 2.24) is 0 Å². The number of hydrogen-bond donors (Lipinski definition) is 1. The second-order valence-electron chi connectivity index (χ2n) is 8.52. The minimum Gasteiger partial charge on any atom is -0.496 e. The van der Waals surface area contributed by atoms with Crippen LogP contribution in [0.15, 0.2) is 71.6 Å². The van der Waals surface area contributed by atoms with Crippen molar-refractivity contribution in [3.05, 3.63) is 77.9 Å². The first-order valence-corrected chi connectivity index (χ1v) is 12.9. The first-order valence-electron chi connectivity index (χ1n) is 11.4. The number of methoxy groups -OCH3 is 1. The van der Waals surface area contributed by atoms with Crippen molar-refractivity contribution < 1.29 is 17.9 Å². The minimum atomic E-state index is -3.83. The van der Waals surface area contributed by atoms with Crippen LogP contribution in [-0.4, -0.2) is 41.1 Å². The predicted molar refractivity (Wildman–Crippen MR) is 134 cm³/mol. The van der Waals surface area contributed by atoms with Crippen LogP contribution in [0.25, 0.3) is 0 Å². The molecule has 3 aromatic carbocycles. The molecule has 3 aromatic rings. The minimum absolute atomic E-state index is 0.0565. The number of carbonyl (C=O) groups excluding carboxylic acids is 1. The molecule has 34 heavy (non-hydrogen) atoms. The maximum atomic E-state index is 13.5. The van der Waals surface area contributed by atoms with Crippen LogP contribution in [0.3, 0.4) is 0 Å². The molecule has 1 amide bonds. The monoisotopic (exact) mass is 477 g/mol. The van der Waals surface area contributed by atoms with Gasteiger partial charge in [0.25, 0.3) is 15.9 Å². The molecule has 2 heterocycles. The zero-order valence-electron chi connectivity index (χ0n) is 19.0. The molecule has 176 valence electrons. The molecule has 2 aliphatic rings. The third-order valence-electron chi connectivity index (χ3n) is 6.42. The second kappa shape index (κ2) is 9.02. The number of fused-ring (bicyclic) bond motifs is 1. The van der Waals surface area contributed by atoms with Crippen molar-refractivity contribution in [2.75, 3.05) is 41.3 Å². The van der Waals surface area contributed by atoms with Crippen molar-refractivity contribution in [2.45, 2.75) is 24.2 Å². The van der Waals surface area contributed by atoms with Gasteiger partial charge < -0.3 is 15.0 Å². The number of amides is 1. The fourth-order valence-electron chi connectivity index (χ4n) is 4.66. The summed E-state index contributed by atoms with van der Waals surface area (Å²) in [6.45, 7) is 2.38. The molecule has 2 aliphatic heterocycles. The average molecular weight is 478 g/mol. The molecule has 0 aliphatic carbocycles. The molecule has 7 nitrogen and oxygen atoms in total. The van der Waals surface area contributed by atoms with E-state index in [0.29, 0.717) is 30.1 Å².